The van der Waals surface area contributed by atoms with Gasteiger partial charge in [-0.1, -0.05) is 0 Å². The van der Waals surface area contributed by atoms with Crippen LogP contribution in [-0.2, 0) is 16.1 Å². The van der Waals surface area contributed by atoms with Gasteiger partial charge in [0, 0.05) is 31.3 Å². The molecule has 1 aromatic carbocycles. The quantitative estimate of drug-likeness (QED) is 0.740. The van der Waals surface area contributed by atoms with E-state index < -0.39 is 0 Å². The number of carbonyl (C=O) groups excluding carboxylic acids is 1. The van der Waals surface area contributed by atoms with Gasteiger partial charge in [-0.25, -0.2) is 0 Å². The van der Waals surface area contributed by atoms with Crippen LogP contribution in [0.3, 0.4) is 0 Å². The molecule has 1 atom stereocenters. The Kier molecular flexibility index (Phi) is 5.66. The fourth-order valence-corrected chi connectivity index (χ4v) is 2.66. The molecule has 5 heteroatoms. The first-order valence-corrected chi connectivity index (χ1v) is 7.60. The predicted octanol–water partition coefficient (Wildman–Crippen LogP) is 2.48. The Hall–Kier alpha value is -1.75. The maximum Gasteiger partial charge on any atom is 0.249 e. The highest BCUT2D eigenvalue weighted by atomic mass is 16.5. The second-order valence-electron chi connectivity index (χ2n) is 5.71. The van der Waals surface area contributed by atoms with Gasteiger partial charge in [0.05, 0.1) is 14.2 Å². The Morgan fingerprint density at radius 1 is 1.27 bits per heavy atom. The number of hydrogen-bond donors (Lipinski definition) is 0. The van der Waals surface area contributed by atoms with Crippen LogP contribution in [0.5, 0.6) is 11.5 Å². The highest BCUT2D eigenvalue weighted by Gasteiger charge is 2.34. The van der Waals surface area contributed by atoms with Crippen LogP contribution in [0.15, 0.2) is 18.2 Å². The van der Waals surface area contributed by atoms with Gasteiger partial charge in [-0.3, -0.25) is 4.79 Å². The maximum absolute atomic E-state index is 12.4. The second kappa shape index (κ2) is 7.49. The van der Waals surface area contributed by atoms with Crippen molar-refractivity contribution in [2.75, 3.05) is 27.9 Å². The van der Waals surface area contributed by atoms with Crippen molar-refractivity contribution >= 4 is 5.91 Å². The van der Waals surface area contributed by atoms with E-state index in [9.17, 15) is 4.79 Å². The fourth-order valence-electron chi connectivity index (χ4n) is 2.66. The van der Waals surface area contributed by atoms with E-state index in [1.165, 1.54) is 12.8 Å². The van der Waals surface area contributed by atoms with Gasteiger partial charge in [-0.2, -0.15) is 0 Å². The summed E-state index contributed by atoms with van der Waals surface area (Å²) in [6.45, 7) is 2.74. The summed E-state index contributed by atoms with van der Waals surface area (Å²) in [5, 5.41) is 0. The number of carbonyl (C=O) groups is 1. The molecule has 0 aromatic heterocycles. The Labute approximate surface area is 132 Å². The monoisotopic (exact) mass is 307 g/mol. The zero-order valence-electron chi connectivity index (χ0n) is 13.8. The van der Waals surface area contributed by atoms with Crippen LogP contribution in [0.25, 0.3) is 0 Å². The molecule has 0 N–H and O–H groups in total. The topological polar surface area (TPSA) is 48.0 Å². The molecule has 0 aliphatic heterocycles. The lowest BCUT2D eigenvalue weighted by molar-refractivity contribution is -0.138. The van der Waals surface area contributed by atoms with E-state index in [4.69, 9.17) is 14.2 Å². The number of amides is 1. The number of benzene rings is 1. The molecule has 1 aliphatic rings. The largest absolute Gasteiger partial charge is 0.497 e. The van der Waals surface area contributed by atoms with Crippen LogP contribution in [0.4, 0.5) is 0 Å². The Morgan fingerprint density at radius 2 is 2.00 bits per heavy atom. The van der Waals surface area contributed by atoms with Crippen molar-refractivity contribution in [3.05, 3.63) is 23.8 Å². The van der Waals surface area contributed by atoms with Gasteiger partial charge >= 0.3 is 0 Å². The molecule has 0 saturated heterocycles. The van der Waals surface area contributed by atoms with Crippen molar-refractivity contribution in [3.8, 4) is 11.5 Å². The van der Waals surface area contributed by atoms with Crippen LogP contribution in [-0.4, -0.2) is 44.8 Å². The zero-order valence-corrected chi connectivity index (χ0v) is 13.8. The van der Waals surface area contributed by atoms with E-state index >= 15 is 0 Å². The van der Waals surface area contributed by atoms with Gasteiger partial charge in [0.2, 0.25) is 5.91 Å². The first-order chi connectivity index (χ1) is 10.6. The molecule has 0 heterocycles. The van der Waals surface area contributed by atoms with Crippen molar-refractivity contribution in [2.24, 2.45) is 5.92 Å². The molecular formula is C17H25NO4. The highest BCUT2D eigenvalue weighted by Crippen LogP contribution is 2.36. The van der Waals surface area contributed by atoms with Crippen molar-refractivity contribution in [1.82, 2.24) is 4.90 Å². The molecule has 1 aromatic rings. The molecule has 122 valence electrons. The summed E-state index contributed by atoms with van der Waals surface area (Å²) in [4.78, 5) is 14.3. The van der Waals surface area contributed by atoms with E-state index in [0.29, 0.717) is 12.5 Å². The summed E-state index contributed by atoms with van der Waals surface area (Å²) in [5.74, 6) is 2.09. The number of nitrogens with zero attached hydrogens (tertiary/aromatic N) is 1. The first kappa shape index (κ1) is 16.6. The normalized spacial score (nSPS) is 15.3. The molecule has 1 saturated carbocycles. The summed E-state index contributed by atoms with van der Waals surface area (Å²) >= 11 is 0. The van der Waals surface area contributed by atoms with Crippen LogP contribution >= 0.6 is 0 Å². The molecule has 22 heavy (non-hydrogen) atoms. The van der Waals surface area contributed by atoms with E-state index in [-0.39, 0.29) is 18.6 Å². The van der Waals surface area contributed by atoms with Crippen LogP contribution < -0.4 is 9.47 Å². The molecule has 0 unspecified atom stereocenters. The summed E-state index contributed by atoms with van der Waals surface area (Å²) < 4.78 is 15.7. The van der Waals surface area contributed by atoms with Crippen molar-refractivity contribution in [1.29, 1.82) is 0 Å². The number of ether oxygens (including phenoxy) is 3. The summed E-state index contributed by atoms with van der Waals surface area (Å²) in [6, 6.07) is 5.90. The van der Waals surface area contributed by atoms with Gasteiger partial charge in [0.15, 0.2) is 0 Å². The van der Waals surface area contributed by atoms with E-state index in [2.05, 4.69) is 6.92 Å². The Bertz CT molecular complexity index is 513. The number of methoxy groups -OCH3 is 3. The van der Waals surface area contributed by atoms with Gasteiger partial charge in [0.25, 0.3) is 0 Å². The van der Waals surface area contributed by atoms with Crippen molar-refractivity contribution in [3.63, 3.8) is 0 Å². The molecule has 2 rings (SSSR count). The highest BCUT2D eigenvalue weighted by molar-refractivity contribution is 5.78. The van der Waals surface area contributed by atoms with Gasteiger partial charge in [-0.05, 0) is 37.8 Å². The average Bonchev–Trinajstić information content (AvgIpc) is 3.37. The molecule has 0 bridgehead atoms. The fraction of sp³-hybridized carbons (Fsp3) is 0.588. The molecule has 0 radical (unpaired) electrons. The molecule has 1 fully saturated rings. The number of rotatable bonds is 8. The second-order valence-corrected chi connectivity index (χ2v) is 5.71. The predicted molar refractivity (Wildman–Crippen MR) is 84.2 cm³/mol. The standard InChI is InChI=1S/C17H25NO4/c1-12(13-5-6-13)18(17(19)11-20-2)10-14-7-8-15(21-3)9-16(14)22-4/h7-9,12-13H,5-6,10-11H2,1-4H3/t12-/m1/s1. The Balaban J connectivity index is 2.20. The molecule has 0 spiro atoms. The van der Waals surface area contributed by atoms with Gasteiger partial charge in [-0.15, -0.1) is 0 Å². The summed E-state index contributed by atoms with van der Waals surface area (Å²) in [5.41, 5.74) is 0.972. The zero-order chi connectivity index (χ0) is 16.1. The van der Waals surface area contributed by atoms with E-state index in [1.54, 1.807) is 21.3 Å². The van der Waals surface area contributed by atoms with Crippen LogP contribution in [0, 0.1) is 5.92 Å². The van der Waals surface area contributed by atoms with Gasteiger partial charge in [0.1, 0.15) is 18.1 Å². The minimum atomic E-state index is 0.0137. The lowest BCUT2D eigenvalue weighted by Crippen LogP contribution is -2.41. The molecule has 1 aliphatic carbocycles. The van der Waals surface area contributed by atoms with Crippen LogP contribution in [0.2, 0.25) is 0 Å². The molecule has 1 amide bonds. The van der Waals surface area contributed by atoms with Crippen LogP contribution in [0.1, 0.15) is 25.3 Å². The van der Waals surface area contributed by atoms with E-state index in [0.717, 1.165) is 17.1 Å². The summed E-state index contributed by atoms with van der Waals surface area (Å²) in [6.07, 6.45) is 2.38. The lowest BCUT2D eigenvalue weighted by Gasteiger charge is -2.30. The third kappa shape index (κ3) is 3.91. The van der Waals surface area contributed by atoms with Crippen molar-refractivity contribution < 1.29 is 19.0 Å². The van der Waals surface area contributed by atoms with Gasteiger partial charge < -0.3 is 19.1 Å². The first-order valence-electron chi connectivity index (χ1n) is 7.60. The Morgan fingerprint density at radius 3 is 2.55 bits per heavy atom. The minimum Gasteiger partial charge on any atom is -0.497 e. The van der Waals surface area contributed by atoms with E-state index in [1.807, 2.05) is 23.1 Å². The molecule has 5 nitrogen and oxygen atoms in total. The lowest BCUT2D eigenvalue weighted by atomic mass is 10.1. The number of hydrogen-bond acceptors (Lipinski definition) is 4. The average molecular weight is 307 g/mol. The SMILES string of the molecule is COCC(=O)N(Cc1ccc(OC)cc1OC)[C@H](C)C1CC1. The molecular weight excluding hydrogens is 282 g/mol. The summed E-state index contributed by atoms with van der Waals surface area (Å²) in [7, 11) is 4.80. The minimum absolute atomic E-state index is 0.0137. The smallest absolute Gasteiger partial charge is 0.249 e. The third-order valence-corrected chi connectivity index (χ3v) is 4.22. The maximum atomic E-state index is 12.4. The third-order valence-electron chi connectivity index (χ3n) is 4.22. The van der Waals surface area contributed by atoms with Crippen molar-refractivity contribution in [2.45, 2.75) is 32.4 Å².